The molecule has 0 aromatic heterocycles. The van der Waals surface area contributed by atoms with Crippen molar-refractivity contribution in [2.45, 2.75) is 13.3 Å². The summed E-state index contributed by atoms with van der Waals surface area (Å²) in [5.74, 6) is 0.490. The van der Waals surface area contributed by atoms with Crippen molar-refractivity contribution < 1.29 is 4.74 Å². The minimum Gasteiger partial charge on any atom is -0.383 e. The van der Waals surface area contributed by atoms with E-state index in [9.17, 15) is 0 Å². The lowest BCUT2D eigenvalue weighted by Crippen LogP contribution is -2.25. The smallest absolute Gasteiger partial charge is 0.0587 e. The highest BCUT2D eigenvalue weighted by Gasteiger charge is 2.09. The lowest BCUT2D eigenvalue weighted by atomic mass is 10.0. The average Bonchev–Trinajstić information content (AvgIpc) is 2.30. The van der Waals surface area contributed by atoms with Gasteiger partial charge in [-0.2, -0.15) is 0 Å². The van der Waals surface area contributed by atoms with Gasteiger partial charge in [-0.25, -0.2) is 0 Å². The van der Waals surface area contributed by atoms with E-state index >= 15 is 0 Å². The van der Waals surface area contributed by atoms with Gasteiger partial charge in [0, 0.05) is 23.7 Å². The molecule has 2 nitrogen and oxygen atoms in total. The number of hydrogen-bond donors (Lipinski definition) is 1. The van der Waals surface area contributed by atoms with Gasteiger partial charge >= 0.3 is 0 Å². The molecule has 0 aliphatic rings. The Balaban J connectivity index is 2.42. The summed E-state index contributed by atoms with van der Waals surface area (Å²) in [4.78, 5) is 0. The third-order valence-electron chi connectivity index (χ3n) is 2.59. The maximum Gasteiger partial charge on any atom is 0.0587 e. The zero-order valence-corrected chi connectivity index (χ0v) is 11.8. The van der Waals surface area contributed by atoms with Crippen molar-refractivity contribution >= 4 is 23.2 Å². The summed E-state index contributed by atoms with van der Waals surface area (Å²) in [5, 5.41) is 4.84. The van der Waals surface area contributed by atoms with E-state index in [4.69, 9.17) is 27.9 Å². The summed E-state index contributed by atoms with van der Waals surface area (Å²) in [5.41, 5.74) is 1.04. The van der Waals surface area contributed by atoms with Gasteiger partial charge in [-0.05, 0) is 36.6 Å². The minimum absolute atomic E-state index is 0.490. The second-order valence-electron chi connectivity index (χ2n) is 4.21. The lowest BCUT2D eigenvalue weighted by Gasteiger charge is -2.14. The summed E-state index contributed by atoms with van der Waals surface area (Å²) < 4.78 is 4.98. The fourth-order valence-corrected chi connectivity index (χ4v) is 2.22. The molecule has 0 saturated heterocycles. The predicted molar refractivity (Wildman–Crippen MR) is 74.1 cm³/mol. The second kappa shape index (κ2) is 7.93. The highest BCUT2D eigenvalue weighted by molar-refractivity contribution is 6.35. The molecule has 0 fully saturated rings. The van der Waals surface area contributed by atoms with Crippen LogP contribution in [0.2, 0.25) is 10.0 Å². The molecule has 0 aliphatic carbocycles. The van der Waals surface area contributed by atoms with Gasteiger partial charge in [-0.15, -0.1) is 0 Å². The molecule has 1 rings (SSSR count). The number of benzene rings is 1. The van der Waals surface area contributed by atoms with Crippen LogP contribution in [0.5, 0.6) is 0 Å². The fourth-order valence-electron chi connectivity index (χ4n) is 1.67. The highest BCUT2D eigenvalue weighted by Crippen LogP contribution is 2.26. The predicted octanol–water partition coefficient (Wildman–Crippen LogP) is 3.41. The highest BCUT2D eigenvalue weighted by atomic mass is 35.5. The third kappa shape index (κ3) is 5.26. The van der Waals surface area contributed by atoms with Gasteiger partial charge in [0.15, 0.2) is 0 Å². The number of nitrogens with one attached hydrogen (secondary N) is 1. The fraction of sp³-hybridized carbons (Fsp3) is 0.538. The summed E-state index contributed by atoms with van der Waals surface area (Å²) >= 11 is 12.3. The Bertz CT molecular complexity index is 324. The van der Waals surface area contributed by atoms with E-state index in [2.05, 4.69) is 12.2 Å². The molecule has 1 unspecified atom stereocenters. The van der Waals surface area contributed by atoms with Crippen LogP contribution in [0.1, 0.15) is 12.5 Å². The molecular formula is C13H19Cl2NO. The summed E-state index contributed by atoms with van der Waals surface area (Å²) in [6, 6.07) is 5.64. The second-order valence-corrected chi connectivity index (χ2v) is 5.02. The van der Waals surface area contributed by atoms with Gasteiger partial charge < -0.3 is 10.1 Å². The van der Waals surface area contributed by atoms with Crippen LogP contribution in [0.3, 0.4) is 0 Å². The number of hydrogen-bond acceptors (Lipinski definition) is 2. The van der Waals surface area contributed by atoms with Gasteiger partial charge in [0.1, 0.15) is 0 Å². The summed E-state index contributed by atoms with van der Waals surface area (Å²) in [6.45, 7) is 4.72. The molecule has 0 heterocycles. The van der Waals surface area contributed by atoms with E-state index in [0.29, 0.717) is 5.92 Å². The third-order valence-corrected chi connectivity index (χ3v) is 3.30. The molecule has 0 saturated carbocycles. The van der Waals surface area contributed by atoms with Crippen LogP contribution >= 0.6 is 23.2 Å². The zero-order chi connectivity index (χ0) is 12.7. The lowest BCUT2D eigenvalue weighted by molar-refractivity contribution is 0.198. The molecule has 0 bridgehead atoms. The molecule has 0 aliphatic heterocycles. The molecule has 96 valence electrons. The van der Waals surface area contributed by atoms with Crippen LogP contribution in [0.4, 0.5) is 0 Å². The van der Waals surface area contributed by atoms with Gasteiger partial charge in [-0.3, -0.25) is 0 Å². The molecule has 0 spiro atoms. The Morgan fingerprint density at radius 1 is 1.29 bits per heavy atom. The van der Waals surface area contributed by atoms with Crippen LogP contribution < -0.4 is 5.32 Å². The van der Waals surface area contributed by atoms with Crippen LogP contribution in [0.15, 0.2) is 18.2 Å². The Labute approximate surface area is 113 Å². The molecule has 0 amide bonds. The van der Waals surface area contributed by atoms with E-state index in [-0.39, 0.29) is 0 Å². The Morgan fingerprint density at radius 2 is 1.94 bits per heavy atom. The van der Waals surface area contributed by atoms with Crippen molar-refractivity contribution in [1.29, 1.82) is 0 Å². The monoisotopic (exact) mass is 275 g/mol. The molecular weight excluding hydrogens is 257 g/mol. The van der Waals surface area contributed by atoms with E-state index in [1.807, 2.05) is 18.2 Å². The van der Waals surface area contributed by atoms with Crippen LogP contribution in [0.25, 0.3) is 0 Å². The maximum absolute atomic E-state index is 6.13. The SMILES string of the molecule is COCCNCC(C)Cc1c(Cl)cccc1Cl. The van der Waals surface area contributed by atoms with Gasteiger partial charge in [0.05, 0.1) is 6.61 Å². The number of halogens is 2. The van der Waals surface area contributed by atoms with Crippen molar-refractivity contribution in [3.63, 3.8) is 0 Å². The molecule has 0 radical (unpaired) electrons. The molecule has 1 aromatic carbocycles. The zero-order valence-electron chi connectivity index (χ0n) is 10.3. The Kier molecular flexibility index (Phi) is 6.90. The Morgan fingerprint density at radius 3 is 2.53 bits per heavy atom. The van der Waals surface area contributed by atoms with E-state index in [0.717, 1.165) is 41.7 Å². The maximum atomic E-state index is 6.13. The molecule has 17 heavy (non-hydrogen) atoms. The molecule has 4 heteroatoms. The van der Waals surface area contributed by atoms with Crippen LogP contribution in [-0.2, 0) is 11.2 Å². The standard InChI is InChI=1S/C13H19Cl2NO/c1-10(9-16-6-7-17-2)8-11-12(14)4-3-5-13(11)15/h3-5,10,16H,6-9H2,1-2H3. The van der Waals surface area contributed by atoms with Crippen molar-refractivity contribution in [2.24, 2.45) is 5.92 Å². The van der Waals surface area contributed by atoms with Crippen molar-refractivity contribution in [3.8, 4) is 0 Å². The van der Waals surface area contributed by atoms with Crippen molar-refractivity contribution in [2.75, 3.05) is 26.8 Å². The Hall–Kier alpha value is -0.280. The summed E-state index contributed by atoms with van der Waals surface area (Å²) in [7, 11) is 1.70. The largest absolute Gasteiger partial charge is 0.383 e. The van der Waals surface area contributed by atoms with E-state index < -0.39 is 0 Å². The molecule has 1 aromatic rings. The van der Waals surface area contributed by atoms with Gasteiger partial charge in [-0.1, -0.05) is 36.2 Å². The average molecular weight is 276 g/mol. The first-order valence-corrected chi connectivity index (χ1v) is 6.53. The first kappa shape index (κ1) is 14.8. The number of ether oxygens (including phenoxy) is 1. The van der Waals surface area contributed by atoms with Crippen molar-refractivity contribution in [1.82, 2.24) is 5.32 Å². The molecule has 1 N–H and O–H groups in total. The van der Waals surface area contributed by atoms with Gasteiger partial charge in [0.2, 0.25) is 0 Å². The van der Waals surface area contributed by atoms with Crippen molar-refractivity contribution in [3.05, 3.63) is 33.8 Å². The van der Waals surface area contributed by atoms with Crippen LogP contribution in [0, 0.1) is 5.92 Å². The first-order valence-electron chi connectivity index (χ1n) is 5.77. The van der Waals surface area contributed by atoms with E-state index in [1.165, 1.54) is 0 Å². The normalized spacial score (nSPS) is 12.7. The van der Waals surface area contributed by atoms with Crippen LogP contribution in [-0.4, -0.2) is 26.8 Å². The minimum atomic E-state index is 0.490. The molecule has 1 atom stereocenters. The summed E-state index contributed by atoms with van der Waals surface area (Å²) in [6.07, 6.45) is 0.887. The first-order chi connectivity index (χ1) is 8.15. The quantitative estimate of drug-likeness (QED) is 0.771. The van der Waals surface area contributed by atoms with E-state index in [1.54, 1.807) is 7.11 Å². The number of rotatable bonds is 7. The van der Waals surface area contributed by atoms with Gasteiger partial charge in [0.25, 0.3) is 0 Å². The topological polar surface area (TPSA) is 21.3 Å². The number of methoxy groups -OCH3 is 1.